The van der Waals surface area contributed by atoms with Gasteiger partial charge >= 0.3 is 6.01 Å². The van der Waals surface area contributed by atoms with E-state index >= 15 is 0 Å². The number of aromatic nitrogens is 5. The van der Waals surface area contributed by atoms with E-state index in [0.29, 0.717) is 17.9 Å². The summed E-state index contributed by atoms with van der Waals surface area (Å²) < 4.78 is 7.53. The molecule has 1 unspecified atom stereocenters. The Hall–Kier alpha value is -2.74. The SMILES string of the molecule is CCCC(C)Oc1nc(N)c2ncc(Cc3ccc(CCCNC)nc3)n2n1. The molecule has 150 valence electrons. The molecule has 0 aliphatic rings. The quantitative estimate of drug-likeness (QED) is 0.518. The molecule has 0 spiro atoms. The van der Waals surface area contributed by atoms with Gasteiger partial charge in [0.1, 0.15) is 0 Å². The van der Waals surface area contributed by atoms with Gasteiger partial charge in [-0.1, -0.05) is 19.4 Å². The van der Waals surface area contributed by atoms with Crippen LogP contribution in [0.25, 0.3) is 5.65 Å². The van der Waals surface area contributed by atoms with Gasteiger partial charge in [0.15, 0.2) is 11.5 Å². The summed E-state index contributed by atoms with van der Waals surface area (Å²) in [5.41, 5.74) is 9.72. The molecule has 3 heterocycles. The van der Waals surface area contributed by atoms with Gasteiger partial charge < -0.3 is 15.8 Å². The molecule has 0 radical (unpaired) electrons. The Morgan fingerprint density at radius 2 is 2.11 bits per heavy atom. The van der Waals surface area contributed by atoms with E-state index in [1.54, 1.807) is 10.7 Å². The molecule has 28 heavy (non-hydrogen) atoms. The van der Waals surface area contributed by atoms with Crippen molar-refractivity contribution >= 4 is 11.5 Å². The molecular weight excluding hydrogens is 354 g/mol. The van der Waals surface area contributed by atoms with Gasteiger partial charge in [0.2, 0.25) is 0 Å². The number of nitrogens with two attached hydrogens (primary N) is 1. The molecule has 0 saturated heterocycles. The van der Waals surface area contributed by atoms with E-state index in [0.717, 1.165) is 49.2 Å². The molecule has 8 nitrogen and oxygen atoms in total. The zero-order valence-corrected chi connectivity index (χ0v) is 16.9. The Morgan fingerprint density at radius 1 is 1.25 bits per heavy atom. The number of aryl methyl sites for hydroxylation is 1. The predicted octanol–water partition coefficient (Wildman–Crippen LogP) is 2.41. The minimum atomic E-state index is 0.0356. The first-order chi connectivity index (χ1) is 13.6. The van der Waals surface area contributed by atoms with E-state index in [-0.39, 0.29) is 12.1 Å². The van der Waals surface area contributed by atoms with Crippen molar-refractivity contribution in [3.63, 3.8) is 0 Å². The molecule has 3 N–H and O–H groups in total. The van der Waals surface area contributed by atoms with E-state index in [9.17, 15) is 0 Å². The van der Waals surface area contributed by atoms with Gasteiger partial charge in [-0.25, -0.2) is 9.50 Å². The third kappa shape index (κ3) is 4.95. The van der Waals surface area contributed by atoms with Crippen molar-refractivity contribution in [2.45, 2.75) is 52.1 Å². The lowest BCUT2D eigenvalue weighted by atomic mass is 10.1. The summed E-state index contributed by atoms with van der Waals surface area (Å²) in [6.07, 6.45) is 8.40. The Labute approximate surface area is 165 Å². The molecular formula is C20H29N7O. The summed E-state index contributed by atoms with van der Waals surface area (Å²) in [5, 5.41) is 7.65. The van der Waals surface area contributed by atoms with Gasteiger partial charge in [-0.05, 0) is 51.4 Å². The predicted molar refractivity (Wildman–Crippen MR) is 109 cm³/mol. The maximum Gasteiger partial charge on any atom is 0.336 e. The lowest BCUT2D eigenvalue weighted by molar-refractivity contribution is 0.189. The molecule has 1 atom stereocenters. The molecule has 0 bridgehead atoms. The molecule has 3 aromatic heterocycles. The Bertz CT molecular complexity index is 891. The van der Waals surface area contributed by atoms with E-state index in [4.69, 9.17) is 10.5 Å². The van der Waals surface area contributed by atoms with Crippen molar-refractivity contribution in [3.05, 3.63) is 41.5 Å². The standard InChI is InChI=1S/C20H29N7O/c1-4-6-14(2)28-20-25-18(21)19-24-13-17(27(19)26-20)11-15-8-9-16(23-12-15)7-5-10-22-3/h8-9,12-14,22H,4-7,10-11H2,1-3H3,(H2,21,25,26). The maximum atomic E-state index is 6.06. The fourth-order valence-corrected chi connectivity index (χ4v) is 3.11. The number of nitrogens with one attached hydrogen (secondary N) is 1. The van der Waals surface area contributed by atoms with Crippen molar-refractivity contribution in [1.29, 1.82) is 0 Å². The van der Waals surface area contributed by atoms with Crippen LogP contribution in [0.3, 0.4) is 0 Å². The van der Waals surface area contributed by atoms with Crippen LogP contribution in [0.5, 0.6) is 6.01 Å². The summed E-state index contributed by atoms with van der Waals surface area (Å²) in [7, 11) is 1.96. The summed E-state index contributed by atoms with van der Waals surface area (Å²) in [6.45, 7) is 5.12. The highest BCUT2D eigenvalue weighted by atomic mass is 16.5. The number of rotatable bonds is 10. The van der Waals surface area contributed by atoms with Crippen LogP contribution in [0.15, 0.2) is 24.5 Å². The zero-order chi connectivity index (χ0) is 19.9. The summed E-state index contributed by atoms with van der Waals surface area (Å²) in [4.78, 5) is 13.2. The zero-order valence-electron chi connectivity index (χ0n) is 16.9. The number of ether oxygens (including phenoxy) is 1. The fraction of sp³-hybridized carbons (Fsp3) is 0.500. The average Bonchev–Trinajstić information content (AvgIpc) is 3.07. The largest absolute Gasteiger partial charge is 0.459 e. The number of nitrogens with zero attached hydrogens (tertiary/aromatic N) is 5. The van der Waals surface area contributed by atoms with Crippen LogP contribution >= 0.6 is 0 Å². The molecule has 0 aliphatic heterocycles. The van der Waals surface area contributed by atoms with Crippen LogP contribution in [0.1, 0.15) is 50.1 Å². The van der Waals surface area contributed by atoms with Crippen molar-refractivity contribution in [1.82, 2.24) is 29.9 Å². The second-order valence-electron chi connectivity index (χ2n) is 7.02. The van der Waals surface area contributed by atoms with E-state index in [1.165, 1.54) is 0 Å². The van der Waals surface area contributed by atoms with Crippen molar-refractivity contribution < 1.29 is 4.74 Å². The second kappa shape index (κ2) is 9.45. The summed E-state index contributed by atoms with van der Waals surface area (Å²) in [6, 6.07) is 4.47. The van der Waals surface area contributed by atoms with Crippen molar-refractivity contribution in [2.24, 2.45) is 0 Å². The topological polar surface area (TPSA) is 103 Å². The van der Waals surface area contributed by atoms with E-state index < -0.39 is 0 Å². The monoisotopic (exact) mass is 383 g/mol. The highest BCUT2D eigenvalue weighted by Crippen LogP contribution is 2.18. The Kier molecular flexibility index (Phi) is 6.76. The number of anilines is 1. The minimum absolute atomic E-state index is 0.0356. The molecule has 0 saturated carbocycles. The minimum Gasteiger partial charge on any atom is -0.459 e. The first-order valence-corrected chi connectivity index (χ1v) is 9.86. The highest BCUT2D eigenvalue weighted by molar-refractivity contribution is 5.59. The summed E-state index contributed by atoms with van der Waals surface area (Å²) in [5.74, 6) is 0.318. The van der Waals surface area contributed by atoms with E-state index in [2.05, 4.69) is 44.4 Å². The van der Waals surface area contributed by atoms with Gasteiger partial charge in [-0.2, -0.15) is 4.98 Å². The molecule has 8 heteroatoms. The van der Waals surface area contributed by atoms with Gasteiger partial charge in [0.05, 0.1) is 18.0 Å². The Balaban J connectivity index is 1.76. The second-order valence-corrected chi connectivity index (χ2v) is 7.02. The lowest BCUT2D eigenvalue weighted by Gasteiger charge is -2.12. The first-order valence-electron chi connectivity index (χ1n) is 9.86. The lowest BCUT2D eigenvalue weighted by Crippen LogP contribution is -2.15. The fourth-order valence-electron chi connectivity index (χ4n) is 3.11. The number of nitrogen functional groups attached to an aromatic ring is 1. The Morgan fingerprint density at radius 3 is 2.82 bits per heavy atom. The number of imidazole rings is 1. The molecule has 0 fully saturated rings. The number of pyridine rings is 1. The summed E-state index contributed by atoms with van der Waals surface area (Å²) >= 11 is 0. The van der Waals surface area contributed by atoms with Gasteiger partial charge in [0.25, 0.3) is 0 Å². The number of hydrogen-bond donors (Lipinski definition) is 2. The number of fused-ring (bicyclic) bond motifs is 1. The molecule has 3 aromatic rings. The average molecular weight is 384 g/mol. The van der Waals surface area contributed by atoms with Crippen molar-refractivity contribution in [2.75, 3.05) is 19.3 Å². The number of hydrogen-bond acceptors (Lipinski definition) is 7. The van der Waals surface area contributed by atoms with Crippen LogP contribution in [0.2, 0.25) is 0 Å². The van der Waals surface area contributed by atoms with Gasteiger partial charge in [-0.3, -0.25) is 4.98 Å². The van der Waals surface area contributed by atoms with Crippen molar-refractivity contribution in [3.8, 4) is 6.01 Å². The molecule has 3 rings (SSSR count). The smallest absolute Gasteiger partial charge is 0.336 e. The van der Waals surface area contributed by atoms with Crippen LogP contribution in [0, 0.1) is 0 Å². The van der Waals surface area contributed by atoms with Gasteiger partial charge in [-0.15, -0.1) is 5.10 Å². The van der Waals surface area contributed by atoms with Crippen LogP contribution in [-0.2, 0) is 12.8 Å². The molecule has 0 aromatic carbocycles. The first kappa shape index (κ1) is 20.0. The van der Waals surface area contributed by atoms with E-state index in [1.807, 2.05) is 20.2 Å². The normalized spacial score (nSPS) is 12.4. The maximum absolute atomic E-state index is 6.06. The van der Waals surface area contributed by atoms with Crippen LogP contribution < -0.4 is 15.8 Å². The van der Waals surface area contributed by atoms with Crippen LogP contribution in [-0.4, -0.2) is 44.3 Å². The van der Waals surface area contributed by atoms with Crippen LogP contribution in [0.4, 0.5) is 5.82 Å². The van der Waals surface area contributed by atoms with Gasteiger partial charge in [0, 0.05) is 18.3 Å². The third-order valence-corrected chi connectivity index (χ3v) is 4.57. The molecule has 0 amide bonds. The molecule has 0 aliphatic carbocycles. The highest BCUT2D eigenvalue weighted by Gasteiger charge is 2.14. The third-order valence-electron chi connectivity index (χ3n) is 4.57.